The van der Waals surface area contributed by atoms with Gasteiger partial charge in [0.1, 0.15) is 0 Å². The van der Waals surface area contributed by atoms with E-state index in [1.165, 1.54) is 57.3 Å². The van der Waals surface area contributed by atoms with Gasteiger partial charge in [0.2, 0.25) is 0 Å². The van der Waals surface area contributed by atoms with E-state index < -0.39 is 0 Å². The molecule has 0 saturated heterocycles. The normalized spacial score (nSPS) is 14.8. The van der Waals surface area contributed by atoms with Crippen molar-refractivity contribution < 1.29 is 0 Å². The topological polar surface area (TPSA) is 28.2 Å². The van der Waals surface area contributed by atoms with Crippen LogP contribution in [0.5, 0.6) is 0 Å². The zero-order valence-electron chi connectivity index (χ0n) is 13.8. The fraction of sp³-hybridized carbons (Fsp3) is 0.722. The van der Waals surface area contributed by atoms with Gasteiger partial charge in [-0.05, 0) is 64.4 Å². The molecule has 1 saturated carbocycles. The summed E-state index contributed by atoms with van der Waals surface area (Å²) < 4.78 is 0. The summed E-state index contributed by atoms with van der Waals surface area (Å²) in [6.07, 6.45) is 8.16. The van der Waals surface area contributed by atoms with Crippen molar-refractivity contribution >= 4 is 0 Å². The summed E-state index contributed by atoms with van der Waals surface area (Å²) >= 11 is 0. The molecule has 3 nitrogen and oxygen atoms in total. The quantitative estimate of drug-likeness (QED) is 0.632. The van der Waals surface area contributed by atoms with E-state index >= 15 is 0 Å². The first-order valence-corrected chi connectivity index (χ1v) is 8.66. The monoisotopic (exact) mass is 289 g/mol. The highest BCUT2D eigenvalue weighted by Gasteiger charge is 2.19. The van der Waals surface area contributed by atoms with Gasteiger partial charge in [0, 0.05) is 18.3 Å². The van der Waals surface area contributed by atoms with Gasteiger partial charge in [-0.3, -0.25) is 9.88 Å². The van der Waals surface area contributed by atoms with Gasteiger partial charge in [-0.1, -0.05) is 25.8 Å². The van der Waals surface area contributed by atoms with Crippen LogP contribution in [0.3, 0.4) is 0 Å². The number of unbranched alkanes of at least 4 members (excludes halogenated alkanes) is 3. The van der Waals surface area contributed by atoms with Crippen molar-refractivity contribution in [1.29, 1.82) is 0 Å². The van der Waals surface area contributed by atoms with E-state index in [2.05, 4.69) is 47.2 Å². The number of nitrogens with zero attached hydrogens (tertiary/aromatic N) is 2. The van der Waals surface area contributed by atoms with Crippen LogP contribution in [-0.2, 0) is 6.54 Å². The molecular weight excluding hydrogens is 258 g/mol. The third kappa shape index (κ3) is 7.05. The van der Waals surface area contributed by atoms with Crippen molar-refractivity contribution in [3.05, 3.63) is 29.6 Å². The third-order valence-electron chi connectivity index (χ3n) is 4.19. The summed E-state index contributed by atoms with van der Waals surface area (Å²) in [6, 6.07) is 7.18. The molecule has 1 aliphatic rings. The molecule has 0 amide bonds. The highest BCUT2D eigenvalue weighted by Crippen LogP contribution is 2.18. The molecule has 1 aliphatic carbocycles. The Morgan fingerprint density at radius 2 is 2.00 bits per heavy atom. The molecule has 2 rings (SSSR count). The molecule has 0 spiro atoms. The van der Waals surface area contributed by atoms with Crippen LogP contribution in [0.4, 0.5) is 0 Å². The minimum atomic E-state index is 0.863. The lowest BCUT2D eigenvalue weighted by molar-refractivity contribution is 0.269. The van der Waals surface area contributed by atoms with Crippen molar-refractivity contribution in [2.45, 2.75) is 65.0 Å². The van der Waals surface area contributed by atoms with Gasteiger partial charge in [-0.25, -0.2) is 0 Å². The van der Waals surface area contributed by atoms with Crippen LogP contribution in [0.2, 0.25) is 0 Å². The Balaban J connectivity index is 1.54. The largest absolute Gasteiger partial charge is 0.314 e. The first-order chi connectivity index (χ1) is 10.3. The Morgan fingerprint density at radius 3 is 2.71 bits per heavy atom. The molecule has 0 atom stereocenters. The number of hydrogen-bond acceptors (Lipinski definition) is 3. The lowest BCUT2D eigenvalue weighted by Crippen LogP contribution is -2.24. The minimum Gasteiger partial charge on any atom is -0.314 e. The first kappa shape index (κ1) is 16.4. The zero-order valence-corrected chi connectivity index (χ0v) is 13.8. The van der Waals surface area contributed by atoms with Crippen molar-refractivity contribution in [1.82, 2.24) is 15.2 Å². The van der Waals surface area contributed by atoms with E-state index in [4.69, 9.17) is 0 Å². The number of aryl methyl sites for hydroxylation is 1. The van der Waals surface area contributed by atoms with Gasteiger partial charge >= 0.3 is 0 Å². The minimum absolute atomic E-state index is 0.863. The zero-order chi connectivity index (χ0) is 14.9. The molecule has 21 heavy (non-hydrogen) atoms. The van der Waals surface area contributed by atoms with Crippen molar-refractivity contribution in [2.75, 3.05) is 19.6 Å². The van der Waals surface area contributed by atoms with E-state index in [0.717, 1.165) is 24.8 Å². The molecule has 0 bridgehead atoms. The number of hydrogen-bond donors (Lipinski definition) is 1. The highest BCUT2D eigenvalue weighted by molar-refractivity contribution is 5.09. The molecular formula is C18H31N3. The Hall–Kier alpha value is -0.930. The van der Waals surface area contributed by atoms with E-state index in [1.807, 2.05) is 0 Å². The molecule has 0 aromatic carbocycles. The predicted molar refractivity (Wildman–Crippen MR) is 89.4 cm³/mol. The molecule has 1 fully saturated rings. The molecule has 0 aliphatic heterocycles. The van der Waals surface area contributed by atoms with Crippen LogP contribution in [0.25, 0.3) is 0 Å². The molecule has 0 unspecified atom stereocenters. The van der Waals surface area contributed by atoms with Crippen LogP contribution in [0.1, 0.15) is 56.8 Å². The second-order valence-electron chi connectivity index (χ2n) is 6.28. The van der Waals surface area contributed by atoms with E-state index in [9.17, 15) is 0 Å². The number of aromatic nitrogens is 1. The van der Waals surface area contributed by atoms with Crippen LogP contribution >= 0.6 is 0 Å². The molecule has 3 heteroatoms. The van der Waals surface area contributed by atoms with Gasteiger partial charge in [0.15, 0.2) is 0 Å². The molecule has 1 aromatic heterocycles. The van der Waals surface area contributed by atoms with Crippen LogP contribution < -0.4 is 5.32 Å². The molecule has 1 aromatic rings. The van der Waals surface area contributed by atoms with Crippen molar-refractivity contribution in [3.8, 4) is 0 Å². The molecule has 0 radical (unpaired) electrons. The lowest BCUT2D eigenvalue weighted by atomic mass is 10.2. The van der Waals surface area contributed by atoms with E-state index in [1.54, 1.807) is 0 Å². The van der Waals surface area contributed by atoms with Gasteiger partial charge in [0.25, 0.3) is 0 Å². The van der Waals surface area contributed by atoms with Crippen LogP contribution in [0, 0.1) is 6.92 Å². The molecule has 1 heterocycles. The average molecular weight is 289 g/mol. The second kappa shape index (κ2) is 9.16. The van der Waals surface area contributed by atoms with Gasteiger partial charge in [0.05, 0.1) is 5.69 Å². The Labute approximate surface area is 130 Å². The average Bonchev–Trinajstić information content (AvgIpc) is 3.29. The maximum Gasteiger partial charge on any atom is 0.0547 e. The molecule has 1 N–H and O–H groups in total. The number of rotatable bonds is 11. The van der Waals surface area contributed by atoms with Gasteiger partial charge in [-0.15, -0.1) is 0 Å². The first-order valence-electron chi connectivity index (χ1n) is 8.66. The number of pyridine rings is 1. The van der Waals surface area contributed by atoms with Gasteiger partial charge in [-0.2, -0.15) is 0 Å². The van der Waals surface area contributed by atoms with Crippen LogP contribution in [-0.4, -0.2) is 35.6 Å². The highest BCUT2D eigenvalue weighted by atomic mass is 15.1. The summed E-state index contributed by atoms with van der Waals surface area (Å²) in [5.74, 6) is 0. The predicted octanol–water partition coefficient (Wildman–Crippen LogP) is 3.52. The summed E-state index contributed by atoms with van der Waals surface area (Å²) in [7, 11) is 0. The summed E-state index contributed by atoms with van der Waals surface area (Å²) in [6.45, 7) is 8.82. The lowest BCUT2D eigenvalue weighted by Gasteiger charge is -2.20. The standard InChI is InChI=1S/C18H31N3/c1-3-21(15-18-10-8-9-16(2)20-18)14-7-5-4-6-13-19-17-11-12-17/h8-10,17,19H,3-7,11-15H2,1-2H3. The maximum absolute atomic E-state index is 4.60. The fourth-order valence-electron chi connectivity index (χ4n) is 2.67. The molecule has 118 valence electrons. The third-order valence-corrected chi connectivity index (χ3v) is 4.19. The fourth-order valence-corrected chi connectivity index (χ4v) is 2.67. The number of nitrogens with one attached hydrogen (secondary N) is 1. The van der Waals surface area contributed by atoms with E-state index in [0.29, 0.717) is 0 Å². The van der Waals surface area contributed by atoms with E-state index in [-0.39, 0.29) is 0 Å². The smallest absolute Gasteiger partial charge is 0.0547 e. The Bertz CT molecular complexity index is 401. The Morgan fingerprint density at radius 1 is 1.19 bits per heavy atom. The summed E-state index contributed by atoms with van der Waals surface area (Å²) in [4.78, 5) is 7.11. The van der Waals surface area contributed by atoms with Gasteiger partial charge < -0.3 is 5.32 Å². The maximum atomic E-state index is 4.60. The van der Waals surface area contributed by atoms with Crippen molar-refractivity contribution in [3.63, 3.8) is 0 Å². The SMILES string of the molecule is CCN(CCCCCCNC1CC1)Cc1cccc(C)n1. The summed E-state index contributed by atoms with van der Waals surface area (Å²) in [5, 5.41) is 3.59. The second-order valence-corrected chi connectivity index (χ2v) is 6.28. The summed E-state index contributed by atoms with van der Waals surface area (Å²) in [5.41, 5.74) is 2.32. The van der Waals surface area contributed by atoms with Crippen molar-refractivity contribution in [2.24, 2.45) is 0 Å². The van der Waals surface area contributed by atoms with Crippen LogP contribution in [0.15, 0.2) is 18.2 Å². The Kier molecular flexibility index (Phi) is 7.17.